The molecule has 0 unspecified atom stereocenters. The Morgan fingerprint density at radius 3 is 2.65 bits per heavy atom. The summed E-state index contributed by atoms with van der Waals surface area (Å²) < 4.78 is 20.6. The van der Waals surface area contributed by atoms with Crippen LogP contribution >= 0.6 is 11.8 Å². The van der Waals surface area contributed by atoms with Gasteiger partial charge >= 0.3 is 0 Å². The zero-order valence-corrected chi connectivity index (χ0v) is 17.9. The maximum absolute atomic E-state index is 13.7. The third-order valence-electron chi connectivity index (χ3n) is 4.26. The highest BCUT2D eigenvalue weighted by Gasteiger charge is 2.17. The van der Waals surface area contributed by atoms with Crippen LogP contribution < -0.4 is 15.4 Å². The molecule has 2 aromatic carbocycles. The van der Waals surface area contributed by atoms with E-state index >= 15 is 0 Å². The highest BCUT2D eigenvalue weighted by Crippen LogP contribution is 2.20. The van der Waals surface area contributed by atoms with Gasteiger partial charge in [0.2, 0.25) is 11.8 Å². The van der Waals surface area contributed by atoms with Gasteiger partial charge in [0.05, 0.1) is 25.0 Å². The quantitative estimate of drug-likeness (QED) is 0.492. The number of amides is 2. The molecule has 31 heavy (non-hydrogen) atoms. The molecule has 0 fully saturated rings. The molecule has 0 atom stereocenters. The molecule has 0 bridgehead atoms. The number of methoxy groups -OCH3 is 1. The second-order valence-electron chi connectivity index (χ2n) is 6.42. The molecule has 0 saturated carbocycles. The SMILES string of the molecule is CCn1c(CC(=O)Nc2ccccc2F)nnc1SCC(=O)Nc1cccc(OC)c1. The van der Waals surface area contributed by atoms with Crippen LogP contribution in [0.25, 0.3) is 0 Å². The number of nitrogens with zero attached hydrogens (tertiary/aromatic N) is 3. The third-order valence-corrected chi connectivity index (χ3v) is 5.23. The number of benzene rings is 2. The van der Waals surface area contributed by atoms with E-state index in [4.69, 9.17) is 4.74 Å². The van der Waals surface area contributed by atoms with Gasteiger partial charge in [-0.15, -0.1) is 10.2 Å². The number of para-hydroxylation sites is 1. The van der Waals surface area contributed by atoms with Gasteiger partial charge in [-0.3, -0.25) is 9.59 Å². The minimum atomic E-state index is -0.508. The summed E-state index contributed by atoms with van der Waals surface area (Å²) in [7, 11) is 1.56. The zero-order chi connectivity index (χ0) is 22.2. The largest absolute Gasteiger partial charge is 0.497 e. The van der Waals surface area contributed by atoms with Crippen molar-refractivity contribution in [3.8, 4) is 5.75 Å². The van der Waals surface area contributed by atoms with Gasteiger partial charge in [0.15, 0.2) is 5.16 Å². The molecule has 0 radical (unpaired) electrons. The van der Waals surface area contributed by atoms with Crippen molar-refractivity contribution in [1.82, 2.24) is 14.8 Å². The number of hydrogen-bond acceptors (Lipinski definition) is 6. The Morgan fingerprint density at radius 1 is 1.10 bits per heavy atom. The highest BCUT2D eigenvalue weighted by atomic mass is 32.2. The summed E-state index contributed by atoms with van der Waals surface area (Å²) >= 11 is 1.22. The van der Waals surface area contributed by atoms with Gasteiger partial charge in [0.25, 0.3) is 0 Å². The number of rotatable bonds is 9. The summed E-state index contributed by atoms with van der Waals surface area (Å²) in [4.78, 5) is 24.6. The lowest BCUT2D eigenvalue weighted by molar-refractivity contribution is -0.116. The molecule has 0 spiro atoms. The van der Waals surface area contributed by atoms with Crippen LogP contribution in [0.15, 0.2) is 53.7 Å². The number of thioether (sulfide) groups is 1. The van der Waals surface area contributed by atoms with E-state index in [1.165, 1.54) is 23.9 Å². The fraction of sp³-hybridized carbons (Fsp3) is 0.238. The van der Waals surface area contributed by atoms with Gasteiger partial charge in [-0.05, 0) is 31.2 Å². The van der Waals surface area contributed by atoms with E-state index in [1.54, 1.807) is 48.1 Å². The van der Waals surface area contributed by atoms with Crippen molar-refractivity contribution in [2.24, 2.45) is 0 Å². The minimum absolute atomic E-state index is 0.0637. The fourth-order valence-corrected chi connectivity index (χ4v) is 3.62. The number of carbonyl (C=O) groups is 2. The summed E-state index contributed by atoms with van der Waals surface area (Å²) in [5, 5.41) is 14.0. The number of ether oxygens (including phenoxy) is 1. The first-order chi connectivity index (χ1) is 15.0. The van der Waals surface area contributed by atoms with Crippen molar-refractivity contribution in [3.63, 3.8) is 0 Å². The van der Waals surface area contributed by atoms with Crippen LogP contribution in [0.2, 0.25) is 0 Å². The number of hydrogen-bond donors (Lipinski definition) is 2. The maximum atomic E-state index is 13.7. The molecule has 3 rings (SSSR count). The van der Waals surface area contributed by atoms with E-state index in [9.17, 15) is 14.0 Å². The number of carbonyl (C=O) groups excluding carboxylic acids is 2. The van der Waals surface area contributed by atoms with Crippen LogP contribution in [0.5, 0.6) is 5.75 Å². The van der Waals surface area contributed by atoms with Crippen molar-refractivity contribution in [3.05, 3.63) is 60.2 Å². The molecule has 1 aromatic heterocycles. The van der Waals surface area contributed by atoms with Gasteiger partial charge in [0, 0.05) is 18.3 Å². The van der Waals surface area contributed by atoms with E-state index in [1.807, 2.05) is 6.92 Å². The van der Waals surface area contributed by atoms with Gasteiger partial charge in [-0.2, -0.15) is 0 Å². The van der Waals surface area contributed by atoms with Crippen LogP contribution in [-0.4, -0.2) is 39.4 Å². The lowest BCUT2D eigenvalue weighted by atomic mass is 10.3. The maximum Gasteiger partial charge on any atom is 0.234 e. The molecule has 3 aromatic rings. The minimum Gasteiger partial charge on any atom is -0.497 e. The summed E-state index contributed by atoms with van der Waals surface area (Å²) in [5.41, 5.74) is 0.742. The van der Waals surface area contributed by atoms with E-state index in [2.05, 4.69) is 20.8 Å². The van der Waals surface area contributed by atoms with Gasteiger partial charge in [-0.1, -0.05) is 30.0 Å². The standard InChI is InChI=1S/C21H22FN5O3S/c1-3-27-18(12-19(28)24-17-10-5-4-9-16(17)22)25-26-21(27)31-13-20(29)23-14-7-6-8-15(11-14)30-2/h4-11H,3,12-13H2,1-2H3,(H,23,29)(H,24,28). The summed E-state index contributed by atoms with van der Waals surface area (Å²) in [5.74, 6) is 0.0893. The van der Waals surface area contributed by atoms with E-state index in [-0.39, 0.29) is 23.8 Å². The summed E-state index contributed by atoms with van der Waals surface area (Å²) in [6.07, 6.45) is -0.0637. The van der Waals surface area contributed by atoms with Crippen LogP contribution in [0.3, 0.4) is 0 Å². The molecule has 2 N–H and O–H groups in total. The van der Waals surface area contributed by atoms with E-state index < -0.39 is 11.7 Å². The molecule has 0 aliphatic carbocycles. The van der Waals surface area contributed by atoms with Crippen molar-refractivity contribution < 1.29 is 18.7 Å². The Labute approximate surface area is 183 Å². The molecule has 10 heteroatoms. The Morgan fingerprint density at radius 2 is 1.90 bits per heavy atom. The number of aromatic nitrogens is 3. The van der Waals surface area contributed by atoms with Crippen molar-refractivity contribution >= 4 is 35.0 Å². The summed E-state index contributed by atoms with van der Waals surface area (Å²) in [6.45, 7) is 2.41. The Kier molecular flexibility index (Phi) is 7.60. The Balaban J connectivity index is 1.58. The molecule has 0 aliphatic heterocycles. The highest BCUT2D eigenvalue weighted by molar-refractivity contribution is 7.99. The summed E-state index contributed by atoms with van der Waals surface area (Å²) in [6, 6.07) is 13.0. The second kappa shape index (κ2) is 10.6. The first-order valence-corrected chi connectivity index (χ1v) is 10.5. The smallest absolute Gasteiger partial charge is 0.234 e. The van der Waals surface area contributed by atoms with Gasteiger partial charge in [-0.25, -0.2) is 4.39 Å². The second-order valence-corrected chi connectivity index (χ2v) is 7.36. The number of halogens is 1. The van der Waals surface area contributed by atoms with Crippen LogP contribution in [0.4, 0.5) is 15.8 Å². The number of nitrogens with one attached hydrogen (secondary N) is 2. The normalized spacial score (nSPS) is 10.5. The van der Waals surface area contributed by atoms with Crippen LogP contribution in [-0.2, 0) is 22.6 Å². The molecule has 162 valence electrons. The van der Waals surface area contributed by atoms with E-state index in [0.717, 1.165) is 0 Å². The van der Waals surface area contributed by atoms with Crippen molar-refractivity contribution in [2.75, 3.05) is 23.5 Å². The zero-order valence-electron chi connectivity index (χ0n) is 17.1. The lowest BCUT2D eigenvalue weighted by Gasteiger charge is -2.09. The Hall–Kier alpha value is -3.40. The first-order valence-electron chi connectivity index (χ1n) is 9.53. The van der Waals surface area contributed by atoms with Gasteiger partial charge in [0.1, 0.15) is 17.4 Å². The first kappa shape index (κ1) is 22.3. The molecule has 1 heterocycles. The third kappa shape index (κ3) is 6.05. The average Bonchev–Trinajstić information content (AvgIpc) is 3.15. The topological polar surface area (TPSA) is 98.1 Å². The van der Waals surface area contributed by atoms with Crippen LogP contribution in [0, 0.1) is 5.82 Å². The molecule has 2 amide bonds. The number of anilines is 2. The molecule has 0 saturated heterocycles. The lowest BCUT2D eigenvalue weighted by Crippen LogP contribution is -2.18. The van der Waals surface area contributed by atoms with E-state index in [0.29, 0.717) is 29.0 Å². The predicted octanol–water partition coefficient (Wildman–Crippen LogP) is 3.36. The average molecular weight is 444 g/mol. The Bertz CT molecular complexity index is 1070. The fourth-order valence-electron chi connectivity index (χ4n) is 2.80. The molecular formula is C21H22FN5O3S. The monoisotopic (exact) mass is 443 g/mol. The molecule has 0 aliphatic rings. The van der Waals surface area contributed by atoms with Crippen molar-refractivity contribution in [2.45, 2.75) is 25.0 Å². The van der Waals surface area contributed by atoms with Gasteiger partial charge < -0.3 is 19.9 Å². The molecular weight excluding hydrogens is 421 g/mol. The van der Waals surface area contributed by atoms with Crippen molar-refractivity contribution in [1.29, 1.82) is 0 Å². The van der Waals surface area contributed by atoms with Crippen LogP contribution in [0.1, 0.15) is 12.7 Å². The molecule has 8 nitrogen and oxygen atoms in total. The predicted molar refractivity (Wildman–Crippen MR) is 117 cm³/mol.